The highest BCUT2D eigenvalue weighted by Gasteiger charge is 2.24. The second-order valence-corrected chi connectivity index (χ2v) is 4.77. The van der Waals surface area contributed by atoms with Crippen LogP contribution in [0.15, 0.2) is 18.3 Å². The molecule has 2 rings (SSSR count). The molecule has 1 fully saturated rings. The van der Waals surface area contributed by atoms with Gasteiger partial charge in [-0.15, -0.1) is 0 Å². The molecule has 2 heterocycles. The summed E-state index contributed by atoms with van der Waals surface area (Å²) in [6.07, 6.45) is 1.29. The number of carbonyl (C=O) groups excluding carboxylic acids is 1. The molecule has 20 heavy (non-hydrogen) atoms. The molecule has 0 aromatic carbocycles. The van der Waals surface area contributed by atoms with E-state index in [1.807, 2.05) is 26.1 Å². The Bertz CT molecular complexity index is 453. The van der Waals surface area contributed by atoms with E-state index >= 15 is 0 Å². The van der Waals surface area contributed by atoms with Crippen molar-refractivity contribution < 1.29 is 14.3 Å². The first-order valence-corrected chi connectivity index (χ1v) is 6.84. The Morgan fingerprint density at radius 1 is 1.65 bits per heavy atom. The molecule has 1 amide bonds. The number of ether oxygens (including phenoxy) is 2. The van der Waals surface area contributed by atoms with Crippen molar-refractivity contribution >= 4 is 5.91 Å². The predicted octanol–water partition coefficient (Wildman–Crippen LogP) is 0.427. The van der Waals surface area contributed by atoms with E-state index < -0.39 is 0 Å². The minimum absolute atomic E-state index is 0.0775. The van der Waals surface area contributed by atoms with Crippen molar-refractivity contribution in [3.63, 3.8) is 0 Å². The zero-order chi connectivity index (χ0) is 14.4. The molecule has 1 aromatic heterocycles. The largest absolute Gasteiger partial charge is 0.478 e. The molecular weight excluding hydrogens is 258 g/mol. The first-order valence-electron chi connectivity index (χ1n) is 6.84. The van der Waals surface area contributed by atoms with E-state index in [-0.39, 0.29) is 12.0 Å². The van der Waals surface area contributed by atoms with Gasteiger partial charge in [-0.3, -0.25) is 4.79 Å². The van der Waals surface area contributed by atoms with Crippen LogP contribution in [0.5, 0.6) is 5.88 Å². The Morgan fingerprint density at radius 3 is 3.25 bits per heavy atom. The summed E-state index contributed by atoms with van der Waals surface area (Å²) in [5, 5.41) is 2.88. The normalized spacial score (nSPS) is 19.6. The summed E-state index contributed by atoms with van der Waals surface area (Å²) in [6.45, 7) is 5.03. The SMILES string of the molecule is CCOc1cc(CNC(=O)C2CN(C)CCO2)ccn1. The van der Waals surface area contributed by atoms with E-state index in [0.29, 0.717) is 32.2 Å². The summed E-state index contributed by atoms with van der Waals surface area (Å²) in [6, 6.07) is 3.69. The van der Waals surface area contributed by atoms with E-state index in [9.17, 15) is 4.79 Å². The number of aromatic nitrogens is 1. The van der Waals surface area contributed by atoms with Gasteiger partial charge in [-0.05, 0) is 25.6 Å². The van der Waals surface area contributed by atoms with E-state index in [2.05, 4.69) is 15.2 Å². The summed E-state index contributed by atoms with van der Waals surface area (Å²) >= 11 is 0. The number of nitrogens with one attached hydrogen (secondary N) is 1. The van der Waals surface area contributed by atoms with Crippen LogP contribution in [0.1, 0.15) is 12.5 Å². The third-order valence-electron chi connectivity index (χ3n) is 3.12. The van der Waals surface area contributed by atoms with Crippen molar-refractivity contribution in [2.75, 3.05) is 33.4 Å². The molecule has 1 unspecified atom stereocenters. The monoisotopic (exact) mass is 279 g/mol. The van der Waals surface area contributed by atoms with Crippen LogP contribution in [0.2, 0.25) is 0 Å². The molecule has 1 aliphatic heterocycles. The molecule has 0 spiro atoms. The third-order valence-corrected chi connectivity index (χ3v) is 3.12. The number of nitrogens with zero attached hydrogens (tertiary/aromatic N) is 2. The first-order chi connectivity index (χ1) is 9.69. The number of hydrogen-bond acceptors (Lipinski definition) is 5. The number of morpholine rings is 1. The van der Waals surface area contributed by atoms with Crippen molar-refractivity contribution in [1.29, 1.82) is 0 Å². The molecule has 110 valence electrons. The van der Waals surface area contributed by atoms with Gasteiger partial charge in [0.15, 0.2) is 0 Å². The average Bonchev–Trinajstić information content (AvgIpc) is 2.45. The highest BCUT2D eigenvalue weighted by atomic mass is 16.5. The molecule has 0 saturated carbocycles. The summed E-state index contributed by atoms with van der Waals surface area (Å²) in [5.41, 5.74) is 0.959. The van der Waals surface area contributed by atoms with Gasteiger partial charge in [-0.1, -0.05) is 0 Å². The zero-order valence-corrected chi connectivity index (χ0v) is 12.0. The van der Waals surface area contributed by atoms with Crippen LogP contribution in [-0.4, -0.2) is 55.2 Å². The number of carbonyl (C=O) groups is 1. The van der Waals surface area contributed by atoms with E-state index in [4.69, 9.17) is 9.47 Å². The van der Waals surface area contributed by atoms with Gasteiger partial charge in [-0.2, -0.15) is 0 Å². The summed E-state index contributed by atoms with van der Waals surface area (Å²) in [5.74, 6) is 0.499. The lowest BCUT2D eigenvalue weighted by atomic mass is 10.2. The van der Waals surface area contributed by atoms with Crippen molar-refractivity contribution in [2.24, 2.45) is 0 Å². The molecule has 1 atom stereocenters. The Balaban J connectivity index is 1.85. The third kappa shape index (κ3) is 4.18. The number of likely N-dealkylation sites (N-methyl/N-ethyl adjacent to an activating group) is 1. The number of hydrogen-bond donors (Lipinski definition) is 1. The predicted molar refractivity (Wildman–Crippen MR) is 74.5 cm³/mol. The number of rotatable bonds is 5. The Hall–Kier alpha value is -1.66. The highest BCUT2D eigenvalue weighted by Crippen LogP contribution is 2.09. The van der Waals surface area contributed by atoms with Crippen LogP contribution >= 0.6 is 0 Å². The Morgan fingerprint density at radius 2 is 2.50 bits per heavy atom. The Labute approximate surface area is 119 Å². The maximum Gasteiger partial charge on any atom is 0.250 e. The standard InChI is InChI=1S/C14H21N3O3/c1-3-19-13-8-11(4-5-15-13)9-16-14(18)12-10-17(2)6-7-20-12/h4-5,8,12H,3,6-7,9-10H2,1-2H3,(H,16,18). The molecule has 0 radical (unpaired) electrons. The first kappa shape index (κ1) is 14.7. The lowest BCUT2D eigenvalue weighted by Crippen LogP contribution is -2.48. The fraction of sp³-hybridized carbons (Fsp3) is 0.571. The van der Waals surface area contributed by atoms with Gasteiger partial charge in [0, 0.05) is 31.9 Å². The van der Waals surface area contributed by atoms with Crippen molar-refractivity contribution in [3.05, 3.63) is 23.9 Å². The number of amides is 1. The van der Waals surface area contributed by atoms with Gasteiger partial charge >= 0.3 is 0 Å². The molecule has 1 saturated heterocycles. The van der Waals surface area contributed by atoms with Crippen molar-refractivity contribution in [3.8, 4) is 5.88 Å². The van der Waals surface area contributed by atoms with Crippen LogP contribution < -0.4 is 10.1 Å². The second-order valence-electron chi connectivity index (χ2n) is 4.77. The minimum Gasteiger partial charge on any atom is -0.478 e. The number of pyridine rings is 1. The van der Waals surface area contributed by atoms with E-state index in [1.54, 1.807) is 6.20 Å². The lowest BCUT2D eigenvalue weighted by molar-refractivity contribution is -0.138. The second kappa shape index (κ2) is 7.21. The van der Waals surface area contributed by atoms with Crippen LogP contribution in [-0.2, 0) is 16.1 Å². The topological polar surface area (TPSA) is 63.7 Å². The molecule has 1 aliphatic rings. The summed E-state index contributed by atoms with van der Waals surface area (Å²) in [4.78, 5) is 18.2. The molecule has 6 nitrogen and oxygen atoms in total. The Kier molecular flexibility index (Phi) is 5.31. The van der Waals surface area contributed by atoms with Crippen LogP contribution in [0, 0.1) is 0 Å². The molecule has 1 aromatic rings. The lowest BCUT2D eigenvalue weighted by Gasteiger charge is -2.29. The van der Waals surface area contributed by atoms with Gasteiger partial charge in [-0.25, -0.2) is 4.98 Å². The van der Waals surface area contributed by atoms with E-state index in [1.165, 1.54) is 0 Å². The van der Waals surface area contributed by atoms with Gasteiger partial charge < -0.3 is 19.7 Å². The highest BCUT2D eigenvalue weighted by molar-refractivity contribution is 5.81. The minimum atomic E-state index is -0.387. The maximum atomic E-state index is 12.0. The maximum absolute atomic E-state index is 12.0. The molecule has 0 aliphatic carbocycles. The van der Waals surface area contributed by atoms with Gasteiger partial charge in [0.1, 0.15) is 6.10 Å². The van der Waals surface area contributed by atoms with Crippen molar-refractivity contribution in [1.82, 2.24) is 15.2 Å². The fourth-order valence-electron chi connectivity index (χ4n) is 2.03. The van der Waals surface area contributed by atoms with Gasteiger partial charge in [0.25, 0.3) is 5.91 Å². The summed E-state index contributed by atoms with van der Waals surface area (Å²) in [7, 11) is 1.99. The quantitative estimate of drug-likeness (QED) is 0.846. The van der Waals surface area contributed by atoms with Crippen molar-refractivity contribution in [2.45, 2.75) is 19.6 Å². The molecule has 1 N–H and O–H groups in total. The van der Waals surface area contributed by atoms with Gasteiger partial charge in [0.2, 0.25) is 5.88 Å². The zero-order valence-electron chi connectivity index (χ0n) is 12.0. The fourth-order valence-corrected chi connectivity index (χ4v) is 2.03. The van der Waals surface area contributed by atoms with Crippen LogP contribution in [0.4, 0.5) is 0 Å². The van der Waals surface area contributed by atoms with Crippen LogP contribution in [0.25, 0.3) is 0 Å². The van der Waals surface area contributed by atoms with E-state index in [0.717, 1.165) is 12.1 Å². The summed E-state index contributed by atoms with van der Waals surface area (Å²) < 4.78 is 10.8. The smallest absolute Gasteiger partial charge is 0.250 e. The van der Waals surface area contributed by atoms with Gasteiger partial charge in [0.05, 0.1) is 13.2 Å². The molecule has 0 bridgehead atoms. The average molecular weight is 279 g/mol. The molecular formula is C14H21N3O3. The van der Waals surface area contributed by atoms with Crippen LogP contribution in [0.3, 0.4) is 0 Å². The molecule has 6 heteroatoms.